The van der Waals surface area contributed by atoms with E-state index < -0.39 is 9.84 Å². The lowest BCUT2D eigenvalue weighted by Gasteiger charge is -2.29. The molecule has 2 heterocycles. The van der Waals surface area contributed by atoms with Crippen LogP contribution in [0.5, 0.6) is 0 Å². The summed E-state index contributed by atoms with van der Waals surface area (Å²) in [5.74, 6) is 0.313. The number of hydrogen-bond donors (Lipinski definition) is 1. The summed E-state index contributed by atoms with van der Waals surface area (Å²) in [5, 5.41) is 6.92. The second-order valence-electron chi connectivity index (χ2n) is 4.55. The van der Waals surface area contributed by atoms with Crippen molar-refractivity contribution in [2.24, 2.45) is 7.05 Å². The Morgan fingerprint density at radius 1 is 1.53 bits per heavy atom. The van der Waals surface area contributed by atoms with Gasteiger partial charge < -0.3 is 5.32 Å². The normalized spacial score (nSPS) is 25.6. The minimum Gasteiger partial charge on any atom is -0.311 e. The summed E-state index contributed by atoms with van der Waals surface area (Å²) in [4.78, 5) is 0. The second kappa shape index (κ2) is 4.78. The molecule has 96 valence electrons. The van der Waals surface area contributed by atoms with Gasteiger partial charge in [-0.1, -0.05) is 6.42 Å². The third kappa shape index (κ3) is 2.37. The van der Waals surface area contributed by atoms with Gasteiger partial charge in [-0.2, -0.15) is 5.10 Å². The number of nitrogens with one attached hydrogen (secondary N) is 1. The number of hydrogen-bond acceptors (Lipinski definition) is 4. The minimum atomic E-state index is -2.98. The Morgan fingerprint density at radius 3 is 2.82 bits per heavy atom. The molecule has 0 amide bonds. The molecule has 1 aromatic rings. The van der Waals surface area contributed by atoms with Crippen LogP contribution in [0.2, 0.25) is 0 Å². The van der Waals surface area contributed by atoms with Crippen LogP contribution < -0.4 is 5.32 Å². The molecule has 0 aromatic carbocycles. The third-order valence-electron chi connectivity index (χ3n) is 3.49. The number of nitrogens with zero attached hydrogens (tertiary/aromatic N) is 2. The summed E-state index contributed by atoms with van der Waals surface area (Å²) in [5.41, 5.74) is 0.933. The lowest BCUT2D eigenvalue weighted by Crippen LogP contribution is -2.40. The van der Waals surface area contributed by atoms with E-state index in [9.17, 15) is 8.42 Å². The average Bonchev–Trinajstić information content (AvgIpc) is 2.68. The molecule has 0 bridgehead atoms. The monoisotopic (exact) mass is 257 g/mol. The van der Waals surface area contributed by atoms with Crippen molar-refractivity contribution in [2.75, 3.05) is 12.8 Å². The van der Waals surface area contributed by atoms with Crippen molar-refractivity contribution in [3.63, 3.8) is 0 Å². The molecule has 2 atom stereocenters. The molecule has 0 saturated carbocycles. The average molecular weight is 257 g/mol. The van der Waals surface area contributed by atoms with E-state index in [1.54, 1.807) is 10.9 Å². The van der Waals surface area contributed by atoms with Gasteiger partial charge in [-0.25, -0.2) is 8.42 Å². The van der Waals surface area contributed by atoms with E-state index in [-0.39, 0.29) is 11.3 Å². The van der Waals surface area contributed by atoms with E-state index in [0.29, 0.717) is 5.75 Å². The van der Waals surface area contributed by atoms with Gasteiger partial charge in [-0.05, 0) is 26.0 Å². The van der Waals surface area contributed by atoms with Crippen LogP contribution >= 0.6 is 0 Å². The molecule has 1 fully saturated rings. The first-order valence-electron chi connectivity index (χ1n) is 5.93. The number of sulfone groups is 1. The van der Waals surface area contributed by atoms with Gasteiger partial charge in [0.2, 0.25) is 0 Å². The lowest BCUT2D eigenvalue weighted by atomic mass is 10.0. The largest absolute Gasteiger partial charge is 0.311 e. The van der Waals surface area contributed by atoms with Gasteiger partial charge in [0, 0.05) is 13.2 Å². The van der Waals surface area contributed by atoms with Gasteiger partial charge >= 0.3 is 0 Å². The highest BCUT2D eigenvalue weighted by molar-refractivity contribution is 7.92. The quantitative estimate of drug-likeness (QED) is 0.863. The first kappa shape index (κ1) is 12.6. The number of aromatic nitrogens is 2. The smallest absolute Gasteiger partial charge is 0.155 e. The van der Waals surface area contributed by atoms with E-state index in [1.165, 1.54) is 0 Å². The molecule has 0 radical (unpaired) electrons. The van der Waals surface area contributed by atoms with E-state index in [1.807, 2.05) is 20.2 Å². The summed E-state index contributed by atoms with van der Waals surface area (Å²) in [7, 11) is 0.668. The highest BCUT2D eigenvalue weighted by atomic mass is 32.2. The van der Waals surface area contributed by atoms with Crippen LogP contribution in [0.3, 0.4) is 0 Å². The zero-order chi connectivity index (χ0) is 12.5. The van der Waals surface area contributed by atoms with Crippen molar-refractivity contribution in [2.45, 2.75) is 30.6 Å². The van der Waals surface area contributed by atoms with Crippen LogP contribution in [0, 0.1) is 0 Å². The molecular formula is C11H19N3O2S. The summed E-state index contributed by atoms with van der Waals surface area (Å²) < 4.78 is 26.0. The molecule has 0 spiro atoms. The molecule has 0 aliphatic carbocycles. The van der Waals surface area contributed by atoms with Crippen LogP contribution in [-0.4, -0.2) is 36.2 Å². The van der Waals surface area contributed by atoms with Gasteiger partial charge in [0.1, 0.15) is 0 Å². The van der Waals surface area contributed by atoms with Crippen LogP contribution in [0.25, 0.3) is 0 Å². The van der Waals surface area contributed by atoms with Crippen molar-refractivity contribution in [1.29, 1.82) is 0 Å². The van der Waals surface area contributed by atoms with Crippen molar-refractivity contribution < 1.29 is 8.42 Å². The molecule has 1 aliphatic heterocycles. The van der Waals surface area contributed by atoms with Gasteiger partial charge in [0.05, 0.1) is 22.7 Å². The molecule has 1 saturated heterocycles. The van der Waals surface area contributed by atoms with Crippen molar-refractivity contribution in [3.8, 4) is 0 Å². The highest BCUT2D eigenvalue weighted by Crippen LogP contribution is 2.30. The number of aryl methyl sites for hydroxylation is 1. The zero-order valence-corrected chi connectivity index (χ0v) is 11.1. The fraction of sp³-hybridized carbons (Fsp3) is 0.727. The summed E-state index contributed by atoms with van der Waals surface area (Å²) in [6.07, 6.45) is 4.22. The van der Waals surface area contributed by atoms with Crippen LogP contribution in [0.1, 0.15) is 31.0 Å². The van der Waals surface area contributed by atoms with Crippen LogP contribution in [-0.2, 0) is 16.9 Å². The standard InChI is InChI=1S/C11H19N3O2S/c1-12-11(9-6-7-13-14(9)2)10-5-3-4-8-17(10,15)16/h6-7,10-12H,3-5,8H2,1-2H3. The first-order valence-corrected chi connectivity index (χ1v) is 7.64. The summed E-state index contributed by atoms with van der Waals surface area (Å²) >= 11 is 0. The van der Waals surface area contributed by atoms with Gasteiger partial charge in [0.15, 0.2) is 9.84 Å². The van der Waals surface area contributed by atoms with Crippen molar-refractivity contribution in [3.05, 3.63) is 18.0 Å². The van der Waals surface area contributed by atoms with Gasteiger partial charge in [0.25, 0.3) is 0 Å². The van der Waals surface area contributed by atoms with E-state index in [4.69, 9.17) is 0 Å². The lowest BCUT2D eigenvalue weighted by molar-refractivity contribution is 0.450. The molecule has 1 aromatic heterocycles. The molecule has 1 N–H and O–H groups in total. The number of rotatable bonds is 3. The summed E-state index contributed by atoms with van der Waals surface area (Å²) in [6, 6.07) is 1.72. The Kier molecular flexibility index (Phi) is 3.53. The minimum absolute atomic E-state index is 0.159. The Hall–Kier alpha value is -0.880. The maximum Gasteiger partial charge on any atom is 0.155 e. The maximum atomic E-state index is 12.1. The first-order chi connectivity index (χ1) is 8.06. The van der Waals surface area contributed by atoms with Crippen molar-refractivity contribution in [1.82, 2.24) is 15.1 Å². The topological polar surface area (TPSA) is 64.0 Å². The predicted molar refractivity (Wildman–Crippen MR) is 66.4 cm³/mol. The molecule has 6 heteroatoms. The Morgan fingerprint density at radius 2 is 2.29 bits per heavy atom. The fourth-order valence-electron chi connectivity index (χ4n) is 2.57. The van der Waals surface area contributed by atoms with Gasteiger partial charge in [-0.15, -0.1) is 0 Å². The Bertz CT molecular complexity index is 481. The molecular weight excluding hydrogens is 238 g/mol. The molecule has 2 rings (SSSR count). The second-order valence-corrected chi connectivity index (χ2v) is 6.89. The predicted octanol–water partition coefficient (Wildman–Crippen LogP) is 0.648. The van der Waals surface area contributed by atoms with E-state index >= 15 is 0 Å². The fourth-order valence-corrected chi connectivity index (χ4v) is 4.69. The third-order valence-corrected chi connectivity index (χ3v) is 5.78. The Balaban J connectivity index is 2.33. The SMILES string of the molecule is CNC(c1ccnn1C)C1CCCCS1(=O)=O. The molecule has 1 aliphatic rings. The van der Waals surface area contributed by atoms with Crippen LogP contribution in [0.4, 0.5) is 0 Å². The van der Waals surface area contributed by atoms with Gasteiger partial charge in [-0.3, -0.25) is 4.68 Å². The van der Waals surface area contributed by atoms with E-state index in [0.717, 1.165) is 25.0 Å². The molecule has 5 nitrogen and oxygen atoms in total. The maximum absolute atomic E-state index is 12.1. The van der Waals surface area contributed by atoms with Crippen LogP contribution in [0.15, 0.2) is 12.3 Å². The Labute approximate surface area is 102 Å². The molecule has 2 unspecified atom stereocenters. The zero-order valence-electron chi connectivity index (χ0n) is 10.3. The highest BCUT2D eigenvalue weighted by Gasteiger charge is 2.36. The summed E-state index contributed by atoms with van der Waals surface area (Å²) in [6.45, 7) is 0. The molecule has 17 heavy (non-hydrogen) atoms. The van der Waals surface area contributed by atoms with Crippen molar-refractivity contribution >= 4 is 9.84 Å². The van der Waals surface area contributed by atoms with E-state index in [2.05, 4.69) is 10.4 Å².